The summed E-state index contributed by atoms with van der Waals surface area (Å²) in [6, 6.07) is 11.7. The lowest BCUT2D eigenvalue weighted by Gasteiger charge is -2.13. The lowest BCUT2D eigenvalue weighted by atomic mass is 10.0. The van der Waals surface area contributed by atoms with Crippen LogP contribution in [0.1, 0.15) is 29.8 Å². The largest absolute Gasteiger partial charge is 0.494 e. The Bertz CT molecular complexity index is 491. The maximum absolute atomic E-state index is 6.21. The molecule has 1 aromatic carbocycles. The Kier molecular flexibility index (Phi) is 3.95. The van der Waals surface area contributed by atoms with E-state index in [-0.39, 0.29) is 6.04 Å². The number of nitrogens with zero attached hydrogens (tertiary/aromatic N) is 1. The van der Waals surface area contributed by atoms with Crippen LogP contribution in [0.5, 0.6) is 5.75 Å². The molecule has 0 spiro atoms. The summed E-state index contributed by atoms with van der Waals surface area (Å²) in [6.07, 6.45) is 1.83. The van der Waals surface area contributed by atoms with Crippen LogP contribution in [0.3, 0.4) is 0 Å². The van der Waals surface area contributed by atoms with E-state index in [0.29, 0.717) is 6.61 Å². The molecule has 0 aliphatic carbocycles. The van der Waals surface area contributed by atoms with Crippen molar-refractivity contribution in [2.24, 2.45) is 5.73 Å². The summed E-state index contributed by atoms with van der Waals surface area (Å²) >= 11 is 0. The quantitative estimate of drug-likeness (QED) is 0.896. The molecule has 0 fully saturated rings. The highest BCUT2D eigenvalue weighted by Crippen LogP contribution is 2.21. The second kappa shape index (κ2) is 5.65. The molecule has 0 radical (unpaired) electrons. The van der Waals surface area contributed by atoms with Crippen molar-refractivity contribution >= 4 is 0 Å². The highest BCUT2D eigenvalue weighted by Gasteiger charge is 2.09. The smallest absolute Gasteiger partial charge is 0.119 e. The van der Waals surface area contributed by atoms with Gasteiger partial charge in [-0.15, -0.1) is 0 Å². The first kappa shape index (κ1) is 12.6. The Balaban J connectivity index is 2.17. The molecule has 0 aliphatic rings. The van der Waals surface area contributed by atoms with E-state index in [1.165, 1.54) is 0 Å². The molecule has 2 aromatic rings. The van der Waals surface area contributed by atoms with E-state index in [2.05, 4.69) is 4.98 Å². The SMILES string of the molecule is CCOc1ccc(C(N)c2ccc(C)nc2)cc1. The van der Waals surface area contributed by atoms with Gasteiger partial charge in [-0.2, -0.15) is 0 Å². The minimum Gasteiger partial charge on any atom is -0.494 e. The molecular weight excluding hydrogens is 224 g/mol. The van der Waals surface area contributed by atoms with Gasteiger partial charge in [0.1, 0.15) is 5.75 Å². The maximum atomic E-state index is 6.21. The Morgan fingerprint density at radius 2 is 1.78 bits per heavy atom. The van der Waals surface area contributed by atoms with Crippen LogP contribution in [0.4, 0.5) is 0 Å². The van der Waals surface area contributed by atoms with Gasteiger partial charge in [-0.3, -0.25) is 4.98 Å². The average molecular weight is 242 g/mol. The molecule has 18 heavy (non-hydrogen) atoms. The molecule has 0 aliphatic heterocycles. The molecule has 0 saturated heterocycles. The second-order valence-corrected chi connectivity index (χ2v) is 4.21. The van der Waals surface area contributed by atoms with Gasteiger partial charge in [-0.25, -0.2) is 0 Å². The Labute approximate surface area is 108 Å². The van der Waals surface area contributed by atoms with E-state index in [1.54, 1.807) is 0 Å². The number of aromatic nitrogens is 1. The standard InChI is InChI=1S/C15H18N2O/c1-3-18-14-8-6-12(7-9-14)15(16)13-5-4-11(2)17-10-13/h4-10,15H,3,16H2,1-2H3. The van der Waals surface area contributed by atoms with E-state index in [1.807, 2.05) is 56.4 Å². The molecule has 1 aromatic heterocycles. The topological polar surface area (TPSA) is 48.1 Å². The van der Waals surface area contributed by atoms with Gasteiger partial charge < -0.3 is 10.5 Å². The van der Waals surface area contributed by atoms with Crippen molar-refractivity contribution in [2.45, 2.75) is 19.9 Å². The summed E-state index contributed by atoms with van der Waals surface area (Å²) in [6.45, 7) is 4.61. The number of rotatable bonds is 4. The first-order valence-electron chi connectivity index (χ1n) is 6.11. The number of hydrogen-bond donors (Lipinski definition) is 1. The lowest BCUT2D eigenvalue weighted by molar-refractivity contribution is 0.340. The predicted octanol–water partition coefficient (Wildman–Crippen LogP) is 2.84. The van der Waals surface area contributed by atoms with Gasteiger partial charge in [-0.1, -0.05) is 18.2 Å². The fourth-order valence-electron chi connectivity index (χ4n) is 1.79. The zero-order chi connectivity index (χ0) is 13.0. The van der Waals surface area contributed by atoms with Crippen molar-refractivity contribution in [3.8, 4) is 5.75 Å². The molecule has 0 amide bonds. The zero-order valence-electron chi connectivity index (χ0n) is 10.8. The Morgan fingerprint density at radius 1 is 1.11 bits per heavy atom. The van der Waals surface area contributed by atoms with Crippen LogP contribution in [0.15, 0.2) is 42.6 Å². The summed E-state index contributed by atoms with van der Waals surface area (Å²) in [5.74, 6) is 0.871. The molecule has 1 atom stereocenters. The van der Waals surface area contributed by atoms with E-state index >= 15 is 0 Å². The van der Waals surface area contributed by atoms with Crippen LogP contribution < -0.4 is 10.5 Å². The molecule has 1 unspecified atom stereocenters. The molecule has 3 heteroatoms. The molecule has 1 heterocycles. The van der Waals surface area contributed by atoms with Gasteiger partial charge in [-0.05, 0) is 43.2 Å². The first-order valence-corrected chi connectivity index (χ1v) is 6.11. The Hall–Kier alpha value is -1.87. The van der Waals surface area contributed by atoms with Crippen LogP contribution in [0.2, 0.25) is 0 Å². The molecule has 2 N–H and O–H groups in total. The van der Waals surface area contributed by atoms with Gasteiger partial charge in [0.15, 0.2) is 0 Å². The number of ether oxygens (including phenoxy) is 1. The summed E-state index contributed by atoms with van der Waals surface area (Å²) in [4.78, 5) is 4.27. The van der Waals surface area contributed by atoms with Crippen LogP contribution in [-0.2, 0) is 0 Å². The molecule has 0 bridgehead atoms. The predicted molar refractivity (Wildman–Crippen MR) is 72.6 cm³/mol. The zero-order valence-corrected chi connectivity index (χ0v) is 10.8. The van der Waals surface area contributed by atoms with Crippen molar-refractivity contribution in [1.29, 1.82) is 0 Å². The monoisotopic (exact) mass is 242 g/mol. The van der Waals surface area contributed by atoms with Gasteiger partial charge in [0, 0.05) is 11.9 Å². The van der Waals surface area contributed by atoms with Crippen molar-refractivity contribution < 1.29 is 4.74 Å². The number of benzene rings is 1. The minimum absolute atomic E-state index is 0.145. The van der Waals surface area contributed by atoms with Crippen LogP contribution >= 0.6 is 0 Å². The van der Waals surface area contributed by atoms with Crippen LogP contribution in [0.25, 0.3) is 0 Å². The van der Waals surface area contributed by atoms with E-state index in [4.69, 9.17) is 10.5 Å². The third kappa shape index (κ3) is 2.87. The van der Waals surface area contributed by atoms with Gasteiger partial charge in [0.25, 0.3) is 0 Å². The normalized spacial score (nSPS) is 12.2. The highest BCUT2D eigenvalue weighted by molar-refractivity contribution is 5.34. The molecular formula is C15H18N2O. The van der Waals surface area contributed by atoms with Gasteiger partial charge >= 0.3 is 0 Å². The molecule has 3 nitrogen and oxygen atoms in total. The third-order valence-corrected chi connectivity index (χ3v) is 2.84. The minimum atomic E-state index is -0.145. The third-order valence-electron chi connectivity index (χ3n) is 2.84. The number of nitrogens with two attached hydrogens (primary N) is 1. The summed E-state index contributed by atoms with van der Waals surface area (Å²) in [5.41, 5.74) is 9.29. The fourth-order valence-corrected chi connectivity index (χ4v) is 1.79. The summed E-state index contributed by atoms with van der Waals surface area (Å²) < 4.78 is 5.41. The van der Waals surface area contributed by atoms with Gasteiger partial charge in [0.05, 0.1) is 12.6 Å². The van der Waals surface area contributed by atoms with E-state index in [9.17, 15) is 0 Å². The van der Waals surface area contributed by atoms with Crippen molar-refractivity contribution in [3.05, 3.63) is 59.4 Å². The maximum Gasteiger partial charge on any atom is 0.119 e. The lowest BCUT2D eigenvalue weighted by Crippen LogP contribution is -2.12. The van der Waals surface area contributed by atoms with Crippen LogP contribution in [-0.4, -0.2) is 11.6 Å². The first-order chi connectivity index (χ1) is 8.70. The van der Waals surface area contributed by atoms with Crippen LogP contribution in [0, 0.1) is 6.92 Å². The fraction of sp³-hybridized carbons (Fsp3) is 0.267. The Morgan fingerprint density at radius 3 is 2.33 bits per heavy atom. The highest BCUT2D eigenvalue weighted by atomic mass is 16.5. The molecule has 2 rings (SSSR count). The van der Waals surface area contributed by atoms with Crippen molar-refractivity contribution in [3.63, 3.8) is 0 Å². The summed E-state index contributed by atoms with van der Waals surface area (Å²) in [5, 5.41) is 0. The van der Waals surface area contributed by atoms with Gasteiger partial charge in [0.2, 0.25) is 0 Å². The number of aryl methyl sites for hydroxylation is 1. The van der Waals surface area contributed by atoms with E-state index in [0.717, 1.165) is 22.6 Å². The number of pyridine rings is 1. The molecule has 94 valence electrons. The van der Waals surface area contributed by atoms with E-state index < -0.39 is 0 Å². The number of hydrogen-bond acceptors (Lipinski definition) is 3. The second-order valence-electron chi connectivity index (χ2n) is 4.21. The average Bonchev–Trinajstić information content (AvgIpc) is 2.40. The van der Waals surface area contributed by atoms with Crippen molar-refractivity contribution in [1.82, 2.24) is 4.98 Å². The summed E-state index contributed by atoms with van der Waals surface area (Å²) in [7, 11) is 0. The van der Waals surface area contributed by atoms with Crippen molar-refractivity contribution in [2.75, 3.05) is 6.61 Å². The molecule has 0 saturated carbocycles.